The quantitative estimate of drug-likeness (QED) is 0.754. The van der Waals surface area contributed by atoms with Gasteiger partial charge < -0.3 is 20.1 Å². The molecule has 0 radical (unpaired) electrons. The third kappa shape index (κ3) is 5.29. The molecule has 1 aromatic carbocycles. The smallest absolute Gasteiger partial charge is 0.387 e. The van der Waals surface area contributed by atoms with E-state index in [1.807, 2.05) is 12.1 Å². The molecule has 2 aliphatic rings. The Hall–Kier alpha value is -1.89. The van der Waals surface area contributed by atoms with Crippen molar-refractivity contribution in [3.8, 4) is 11.5 Å². The Bertz CT molecular complexity index is 608. The van der Waals surface area contributed by atoms with Crippen molar-refractivity contribution in [2.24, 2.45) is 5.92 Å². The summed E-state index contributed by atoms with van der Waals surface area (Å²) in [4.78, 5) is 11.0. The van der Waals surface area contributed by atoms with E-state index in [0.717, 1.165) is 31.4 Å². The van der Waals surface area contributed by atoms with Crippen LogP contribution in [0.5, 0.6) is 11.5 Å². The highest BCUT2D eigenvalue weighted by atomic mass is 19.3. The van der Waals surface area contributed by atoms with E-state index in [-0.39, 0.29) is 23.6 Å². The molecule has 0 aromatic heterocycles. The Balaban J connectivity index is 1.66. The summed E-state index contributed by atoms with van der Waals surface area (Å²) in [6.45, 7) is 0.531. The van der Waals surface area contributed by atoms with Crippen LogP contribution in [-0.2, 0) is 4.79 Å². The zero-order valence-corrected chi connectivity index (χ0v) is 14.3. The van der Waals surface area contributed by atoms with E-state index < -0.39 is 6.61 Å². The summed E-state index contributed by atoms with van der Waals surface area (Å²) in [7, 11) is 0. The maximum Gasteiger partial charge on any atom is 0.387 e. The number of halogens is 2. The first-order valence-electron chi connectivity index (χ1n) is 8.70. The Morgan fingerprint density at radius 3 is 2.84 bits per heavy atom. The molecule has 1 aromatic rings. The van der Waals surface area contributed by atoms with Crippen molar-refractivity contribution < 1.29 is 23.0 Å². The van der Waals surface area contributed by atoms with Crippen molar-refractivity contribution in [2.75, 3.05) is 19.7 Å². The molecule has 1 heterocycles. The molecule has 1 amide bonds. The van der Waals surface area contributed by atoms with Crippen LogP contribution < -0.4 is 20.1 Å². The monoisotopic (exact) mass is 354 g/mol. The largest absolute Gasteiger partial charge is 0.489 e. The van der Waals surface area contributed by atoms with E-state index in [1.165, 1.54) is 6.92 Å². The summed E-state index contributed by atoms with van der Waals surface area (Å²) in [6.07, 6.45) is 3.13. The number of amides is 1. The summed E-state index contributed by atoms with van der Waals surface area (Å²) >= 11 is 0. The molecular weight excluding hydrogens is 330 g/mol. The second kappa shape index (κ2) is 7.99. The first kappa shape index (κ1) is 17.9. The van der Waals surface area contributed by atoms with Gasteiger partial charge in [-0.1, -0.05) is 6.07 Å². The molecule has 3 rings (SSSR count). The van der Waals surface area contributed by atoms with Gasteiger partial charge in [-0.25, -0.2) is 0 Å². The van der Waals surface area contributed by atoms with Crippen LogP contribution in [0.1, 0.15) is 37.7 Å². The van der Waals surface area contributed by atoms with E-state index in [1.54, 1.807) is 6.07 Å². The first-order valence-corrected chi connectivity index (χ1v) is 8.70. The SMILES string of the molecule is CC(=O)NC[C@H]1CC(c2ccc(OC(F)F)c(OCC3CC3)c2)CN1. The van der Waals surface area contributed by atoms with Crippen LogP contribution in [0, 0.1) is 5.92 Å². The molecule has 0 spiro atoms. The molecule has 0 bridgehead atoms. The molecule has 7 heteroatoms. The van der Waals surface area contributed by atoms with Gasteiger partial charge in [0.05, 0.1) is 6.61 Å². The Morgan fingerprint density at radius 1 is 1.36 bits per heavy atom. The average molecular weight is 354 g/mol. The number of benzene rings is 1. The molecule has 1 aliphatic heterocycles. The van der Waals surface area contributed by atoms with Gasteiger partial charge in [0.2, 0.25) is 5.91 Å². The zero-order chi connectivity index (χ0) is 17.8. The normalized spacial score (nSPS) is 22.9. The van der Waals surface area contributed by atoms with Gasteiger partial charge in [0.15, 0.2) is 11.5 Å². The topological polar surface area (TPSA) is 59.6 Å². The number of carbonyl (C=O) groups is 1. The van der Waals surface area contributed by atoms with Gasteiger partial charge in [0.25, 0.3) is 0 Å². The van der Waals surface area contributed by atoms with Gasteiger partial charge in [0, 0.05) is 26.1 Å². The standard InChI is InChI=1S/C18H24F2N2O3/c1-11(23)21-9-15-6-14(8-22-15)13-4-5-16(25-18(19)20)17(7-13)24-10-12-2-3-12/h4-5,7,12,14-15,18,22H,2-3,6,8-10H2,1H3,(H,21,23)/t14?,15-/m1/s1. The van der Waals surface area contributed by atoms with Gasteiger partial charge in [-0.05, 0) is 48.8 Å². The molecular formula is C18H24F2N2O3. The second-order valence-corrected chi connectivity index (χ2v) is 6.81. The molecule has 1 unspecified atom stereocenters. The highest BCUT2D eigenvalue weighted by Gasteiger charge is 2.27. The van der Waals surface area contributed by atoms with Crippen molar-refractivity contribution >= 4 is 5.91 Å². The van der Waals surface area contributed by atoms with Crippen LogP contribution in [0.3, 0.4) is 0 Å². The van der Waals surface area contributed by atoms with Crippen LogP contribution in [0.4, 0.5) is 8.78 Å². The van der Waals surface area contributed by atoms with Crippen molar-refractivity contribution in [1.29, 1.82) is 0 Å². The predicted molar refractivity (Wildman–Crippen MR) is 89.1 cm³/mol. The number of hydrogen-bond acceptors (Lipinski definition) is 4. The minimum atomic E-state index is -2.87. The predicted octanol–water partition coefficient (Wildman–Crippen LogP) is 2.66. The van der Waals surface area contributed by atoms with Crippen LogP contribution in [-0.4, -0.2) is 38.3 Å². The summed E-state index contributed by atoms with van der Waals surface area (Å²) in [5.74, 6) is 1.20. The number of nitrogens with one attached hydrogen (secondary N) is 2. The minimum Gasteiger partial charge on any atom is -0.489 e. The average Bonchev–Trinajstić information content (AvgIpc) is 3.27. The van der Waals surface area contributed by atoms with Crippen LogP contribution >= 0.6 is 0 Å². The van der Waals surface area contributed by atoms with E-state index in [0.29, 0.717) is 24.8 Å². The third-order valence-corrected chi connectivity index (χ3v) is 4.65. The van der Waals surface area contributed by atoms with Crippen LogP contribution in [0.25, 0.3) is 0 Å². The molecule has 2 N–H and O–H groups in total. The van der Waals surface area contributed by atoms with E-state index in [4.69, 9.17) is 4.74 Å². The summed E-state index contributed by atoms with van der Waals surface area (Å²) in [5, 5.41) is 6.19. The number of carbonyl (C=O) groups excluding carboxylic acids is 1. The Labute approximate surface area is 146 Å². The molecule has 2 fully saturated rings. The molecule has 25 heavy (non-hydrogen) atoms. The lowest BCUT2D eigenvalue weighted by Crippen LogP contribution is -2.35. The van der Waals surface area contributed by atoms with Crippen molar-refractivity contribution in [2.45, 2.75) is 44.8 Å². The fraction of sp³-hybridized carbons (Fsp3) is 0.611. The van der Waals surface area contributed by atoms with Crippen LogP contribution in [0.15, 0.2) is 18.2 Å². The third-order valence-electron chi connectivity index (χ3n) is 4.65. The molecule has 138 valence electrons. The van der Waals surface area contributed by atoms with Crippen LogP contribution in [0.2, 0.25) is 0 Å². The van der Waals surface area contributed by atoms with E-state index in [2.05, 4.69) is 15.4 Å². The minimum absolute atomic E-state index is 0.0467. The maximum atomic E-state index is 12.6. The van der Waals surface area contributed by atoms with Crippen molar-refractivity contribution in [3.63, 3.8) is 0 Å². The Morgan fingerprint density at radius 2 is 2.16 bits per heavy atom. The summed E-state index contributed by atoms with van der Waals surface area (Å²) in [5.41, 5.74) is 1.03. The molecule has 2 atom stereocenters. The van der Waals surface area contributed by atoms with Gasteiger partial charge in [-0.3, -0.25) is 4.79 Å². The molecule has 5 nitrogen and oxygen atoms in total. The zero-order valence-electron chi connectivity index (χ0n) is 14.3. The summed E-state index contributed by atoms with van der Waals surface area (Å²) < 4.78 is 35.5. The molecule has 1 saturated carbocycles. The highest BCUT2D eigenvalue weighted by molar-refractivity contribution is 5.72. The second-order valence-electron chi connectivity index (χ2n) is 6.81. The van der Waals surface area contributed by atoms with Gasteiger partial charge in [-0.15, -0.1) is 0 Å². The van der Waals surface area contributed by atoms with Gasteiger partial charge in [-0.2, -0.15) is 8.78 Å². The Kier molecular flexibility index (Phi) is 5.73. The van der Waals surface area contributed by atoms with Gasteiger partial charge in [0.1, 0.15) is 0 Å². The lowest BCUT2D eigenvalue weighted by Gasteiger charge is -2.16. The highest BCUT2D eigenvalue weighted by Crippen LogP contribution is 2.37. The number of ether oxygens (including phenoxy) is 2. The molecule has 1 aliphatic carbocycles. The fourth-order valence-electron chi connectivity index (χ4n) is 3.07. The summed E-state index contributed by atoms with van der Waals surface area (Å²) in [6, 6.07) is 5.40. The number of hydrogen-bond donors (Lipinski definition) is 2. The van der Waals surface area contributed by atoms with Crippen molar-refractivity contribution in [3.05, 3.63) is 23.8 Å². The first-order chi connectivity index (χ1) is 12.0. The number of alkyl halides is 2. The van der Waals surface area contributed by atoms with Crippen molar-refractivity contribution in [1.82, 2.24) is 10.6 Å². The van der Waals surface area contributed by atoms with E-state index >= 15 is 0 Å². The van der Waals surface area contributed by atoms with Gasteiger partial charge >= 0.3 is 6.61 Å². The lowest BCUT2D eigenvalue weighted by atomic mass is 9.96. The lowest BCUT2D eigenvalue weighted by molar-refractivity contribution is -0.119. The number of rotatable bonds is 8. The van der Waals surface area contributed by atoms with E-state index in [9.17, 15) is 13.6 Å². The fourth-order valence-corrected chi connectivity index (χ4v) is 3.07. The molecule has 1 saturated heterocycles. The maximum absolute atomic E-state index is 12.6.